The molecule has 68 valence electrons. The van der Waals surface area contributed by atoms with Crippen LogP contribution in [0.2, 0.25) is 0 Å². The molecule has 1 fully saturated rings. The summed E-state index contributed by atoms with van der Waals surface area (Å²) in [7, 11) is 0. The minimum atomic E-state index is 0.0714. The lowest BCUT2D eigenvalue weighted by Gasteiger charge is -2.28. The van der Waals surface area contributed by atoms with E-state index in [1.807, 2.05) is 0 Å². The molecule has 1 aliphatic heterocycles. The fourth-order valence-electron chi connectivity index (χ4n) is 1.73. The molecule has 0 radical (unpaired) electrons. The van der Waals surface area contributed by atoms with E-state index in [-0.39, 0.29) is 5.41 Å². The lowest BCUT2D eigenvalue weighted by atomic mass is 9.80. The van der Waals surface area contributed by atoms with Crippen molar-refractivity contribution >= 4 is 0 Å². The van der Waals surface area contributed by atoms with Crippen molar-refractivity contribution in [2.75, 3.05) is 13.2 Å². The first kappa shape index (κ1) is 9.61. The van der Waals surface area contributed by atoms with Crippen LogP contribution in [0.1, 0.15) is 33.1 Å². The van der Waals surface area contributed by atoms with Crippen LogP contribution in [0.3, 0.4) is 0 Å². The Morgan fingerprint density at radius 1 is 1.42 bits per heavy atom. The molecule has 1 saturated heterocycles. The molecule has 0 aromatic heterocycles. The first-order valence-electron chi connectivity index (χ1n) is 4.69. The van der Waals surface area contributed by atoms with E-state index in [4.69, 9.17) is 11.2 Å². The van der Waals surface area contributed by atoms with E-state index in [1.54, 1.807) is 0 Å². The summed E-state index contributed by atoms with van der Waals surface area (Å²) < 4.78 is 5.30. The zero-order valence-electron chi connectivity index (χ0n) is 8.10. The quantitative estimate of drug-likeness (QED) is 0.573. The van der Waals surface area contributed by atoms with Gasteiger partial charge in [0, 0.05) is 18.6 Å². The van der Waals surface area contributed by atoms with Gasteiger partial charge in [0.15, 0.2) is 0 Å². The third-order valence-electron chi connectivity index (χ3n) is 2.53. The van der Waals surface area contributed by atoms with Gasteiger partial charge in [0.05, 0.1) is 0 Å². The third kappa shape index (κ3) is 2.87. The number of rotatable bonds is 2. The van der Waals surface area contributed by atoms with E-state index in [1.165, 1.54) is 12.8 Å². The topological polar surface area (TPSA) is 9.23 Å². The predicted octanol–water partition coefficient (Wildman–Crippen LogP) is 2.46. The van der Waals surface area contributed by atoms with Crippen LogP contribution >= 0.6 is 0 Å². The van der Waals surface area contributed by atoms with Crippen LogP contribution in [0.15, 0.2) is 0 Å². The van der Waals surface area contributed by atoms with E-state index >= 15 is 0 Å². The Morgan fingerprint density at radius 2 is 2.00 bits per heavy atom. The van der Waals surface area contributed by atoms with E-state index in [2.05, 4.69) is 19.8 Å². The standard InChI is InChI=1S/C11H18O/c1-4-11(2,3)9-10-5-7-12-8-6-10/h1,10H,5-9H2,2-3H3. The highest BCUT2D eigenvalue weighted by molar-refractivity contribution is 5.01. The fraction of sp³-hybridized carbons (Fsp3) is 0.818. The maximum atomic E-state index is 5.44. The van der Waals surface area contributed by atoms with Gasteiger partial charge in [0.1, 0.15) is 0 Å². The van der Waals surface area contributed by atoms with Crippen molar-refractivity contribution < 1.29 is 4.74 Å². The highest BCUT2D eigenvalue weighted by Gasteiger charge is 2.22. The minimum Gasteiger partial charge on any atom is -0.381 e. The summed E-state index contributed by atoms with van der Waals surface area (Å²) >= 11 is 0. The summed E-state index contributed by atoms with van der Waals surface area (Å²) in [6.45, 7) is 6.13. The van der Waals surface area contributed by atoms with Gasteiger partial charge < -0.3 is 4.74 Å². The first-order chi connectivity index (χ1) is 5.64. The second-order valence-electron chi connectivity index (χ2n) is 4.29. The molecule has 1 heteroatoms. The molecule has 0 aromatic rings. The van der Waals surface area contributed by atoms with Gasteiger partial charge in [-0.15, -0.1) is 12.3 Å². The zero-order valence-corrected chi connectivity index (χ0v) is 8.10. The Kier molecular flexibility index (Phi) is 3.17. The Labute approximate surface area is 75.5 Å². The molecule has 12 heavy (non-hydrogen) atoms. The van der Waals surface area contributed by atoms with Crippen LogP contribution in [-0.4, -0.2) is 13.2 Å². The van der Waals surface area contributed by atoms with Crippen LogP contribution < -0.4 is 0 Å². The molecule has 1 rings (SSSR count). The Morgan fingerprint density at radius 3 is 2.50 bits per heavy atom. The number of terminal acetylenes is 1. The molecule has 0 spiro atoms. The molecule has 0 atom stereocenters. The third-order valence-corrected chi connectivity index (χ3v) is 2.53. The van der Waals surface area contributed by atoms with Gasteiger partial charge in [-0.25, -0.2) is 0 Å². The molecular weight excluding hydrogens is 148 g/mol. The summed E-state index contributed by atoms with van der Waals surface area (Å²) in [5.41, 5.74) is 0.0714. The SMILES string of the molecule is C#CC(C)(C)CC1CCOCC1. The Hall–Kier alpha value is -0.480. The Balaban J connectivity index is 2.35. The van der Waals surface area contributed by atoms with Gasteiger partial charge in [0.2, 0.25) is 0 Å². The smallest absolute Gasteiger partial charge is 0.0468 e. The largest absolute Gasteiger partial charge is 0.381 e. The molecule has 0 bridgehead atoms. The molecule has 0 amide bonds. The normalized spacial score (nSPS) is 20.4. The molecule has 1 heterocycles. The molecule has 0 saturated carbocycles. The van der Waals surface area contributed by atoms with E-state index in [0.717, 1.165) is 25.6 Å². The van der Waals surface area contributed by atoms with Gasteiger partial charge in [-0.05, 0) is 39.0 Å². The van der Waals surface area contributed by atoms with Gasteiger partial charge in [0.25, 0.3) is 0 Å². The summed E-state index contributed by atoms with van der Waals surface area (Å²) in [4.78, 5) is 0. The van der Waals surface area contributed by atoms with Gasteiger partial charge in [-0.3, -0.25) is 0 Å². The van der Waals surface area contributed by atoms with Crippen molar-refractivity contribution in [1.29, 1.82) is 0 Å². The van der Waals surface area contributed by atoms with Crippen molar-refractivity contribution in [2.45, 2.75) is 33.1 Å². The molecule has 0 aliphatic carbocycles. The fourth-order valence-corrected chi connectivity index (χ4v) is 1.73. The maximum absolute atomic E-state index is 5.44. The Bertz CT molecular complexity index is 170. The van der Waals surface area contributed by atoms with Crippen LogP contribution in [-0.2, 0) is 4.74 Å². The van der Waals surface area contributed by atoms with Crippen molar-refractivity contribution in [1.82, 2.24) is 0 Å². The number of ether oxygens (including phenoxy) is 1. The van der Waals surface area contributed by atoms with Crippen molar-refractivity contribution in [2.24, 2.45) is 11.3 Å². The van der Waals surface area contributed by atoms with Crippen LogP contribution in [0.4, 0.5) is 0 Å². The highest BCUT2D eigenvalue weighted by atomic mass is 16.5. The van der Waals surface area contributed by atoms with Gasteiger partial charge >= 0.3 is 0 Å². The monoisotopic (exact) mass is 166 g/mol. The number of hydrogen-bond acceptors (Lipinski definition) is 1. The molecule has 0 aromatic carbocycles. The summed E-state index contributed by atoms with van der Waals surface area (Å²) in [5, 5.41) is 0. The average Bonchev–Trinajstić information content (AvgIpc) is 2.06. The van der Waals surface area contributed by atoms with Crippen LogP contribution in [0, 0.1) is 23.7 Å². The van der Waals surface area contributed by atoms with Crippen LogP contribution in [0.5, 0.6) is 0 Å². The zero-order chi connectivity index (χ0) is 9.03. The molecule has 1 aliphatic rings. The van der Waals surface area contributed by atoms with Crippen LogP contribution in [0.25, 0.3) is 0 Å². The van der Waals surface area contributed by atoms with Crippen molar-refractivity contribution in [3.05, 3.63) is 0 Å². The number of hydrogen-bond donors (Lipinski definition) is 0. The molecule has 0 N–H and O–H groups in total. The first-order valence-corrected chi connectivity index (χ1v) is 4.69. The highest BCUT2D eigenvalue weighted by Crippen LogP contribution is 2.29. The van der Waals surface area contributed by atoms with Crippen molar-refractivity contribution in [3.8, 4) is 12.3 Å². The lowest BCUT2D eigenvalue weighted by molar-refractivity contribution is 0.0564. The summed E-state index contributed by atoms with van der Waals surface area (Å²) in [6, 6.07) is 0. The van der Waals surface area contributed by atoms with Crippen molar-refractivity contribution in [3.63, 3.8) is 0 Å². The summed E-state index contributed by atoms with van der Waals surface area (Å²) in [5.74, 6) is 3.63. The molecule has 1 nitrogen and oxygen atoms in total. The van der Waals surface area contributed by atoms with E-state index < -0.39 is 0 Å². The van der Waals surface area contributed by atoms with Gasteiger partial charge in [-0.2, -0.15) is 0 Å². The average molecular weight is 166 g/mol. The molecular formula is C11H18O. The van der Waals surface area contributed by atoms with E-state index in [9.17, 15) is 0 Å². The molecule has 0 unspecified atom stereocenters. The second kappa shape index (κ2) is 3.96. The van der Waals surface area contributed by atoms with E-state index in [0.29, 0.717) is 0 Å². The predicted molar refractivity (Wildman–Crippen MR) is 50.8 cm³/mol. The second-order valence-corrected chi connectivity index (χ2v) is 4.29. The lowest BCUT2D eigenvalue weighted by Crippen LogP contribution is -2.21. The summed E-state index contributed by atoms with van der Waals surface area (Å²) in [6.07, 6.45) is 8.96. The maximum Gasteiger partial charge on any atom is 0.0468 e. The van der Waals surface area contributed by atoms with Gasteiger partial charge in [-0.1, -0.05) is 0 Å². The minimum absolute atomic E-state index is 0.0714.